The van der Waals surface area contributed by atoms with Gasteiger partial charge in [0.15, 0.2) is 0 Å². The summed E-state index contributed by atoms with van der Waals surface area (Å²) >= 11 is 0. The molecule has 1 aromatic rings. The number of rotatable bonds is 5. The zero-order valence-electron chi connectivity index (χ0n) is 9.65. The molecule has 0 atom stereocenters. The second-order valence-electron chi connectivity index (χ2n) is 4.44. The van der Waals surface area contributed by atoms with Crippen molar-refractivity contribution < 1.29 is 4.79 Å². The Morgan fingerprint density at radius 1 is 1.38 bits per heavy atom. The number of carbonyl (C=O) groups excluding carboxylic acids is 1. The summed E-state index contributed by atoms with van der Waals surface area (Å²) in [6, 6.07) is 9.82. The molecule has 0 aromatic heterocycles. The number of para-hydroxylation sites is 1. The van der Waals surface area contributed by atoms with E-state index in [4.69, 9.17) is 0 Å². The lowest BCUT2D eigenvalue weighted by atomic mass is 10.3. The highest BCUT2D eigenvalue weighted by Crippen LogP contribution is 2.29. The second kappa shape index (κ2) is 5.01. The number of nitrogens with one attached hydrogen (secondary N) is 1. The number of nitrogens with zero attached hydrogens (tertiary/aromatic N) is 1. The zero-order valence-corrected chi connectivity index (χ0v) is 9.65. The van der Waals surface area contributed by atoms with E-state index in [0.717, 1.165) is 18.2 Å². The maximum absolute atomic E-state index is 11.7. The van der Waals surface area contributed by atoms with E-state index in [2.05, 4.69) is 5.32 Å². The third-order valence-electron chi connectivity index (χ3n) is 2.87. The number of anilines is 1. The SMILES string of the molecule is CN(CC1CC1)C(=O)CNc1ccccc1. The molecule has 0 heterocycles. The maximum Gasteiger partial charge on any atom is 0.241 e. The third-order valence-corrected chi connectivity index (χ3v) is 2.87. The van der Waals surface area contributed by atoms with Crippen LogP contribution in [0, 0.1) is 5.92 Å². The maximum atomic E-state index is 11.7. The first kappa shape index (κ1) is 11.0. The van der Waals surface area contributed by atoms with Gasteiger partial charge in [0, 0.05) is 19.3 Å². The number of hydrogen-bond acceptors (Lipinski definition) is 2. The monoisotopic (exact) mass is 218 g/mol. The average Bonchev–Trinajstić information content (AvgIpc) is 3.11. The number of benzene rings is 1. The smallest absolute Gasteiger partial charge is 0.241 e. The number of carbonyl (C=O) groups is 1. The molecule has 3 heteroatoms. The van der Waals surface area contributed by atoms with Gasteiger partial charge in [-0.25, -0.2) is 0 Å². The number of likely N-dealkylation sites (N-methyl/N-ethyl adjacent to an activating group) is 1. The first-order valence-corrected chi connectivity index (χ1v) is 5.78. The average molecular weight is 218 g/mol. The third kappa shape index (κ3) is 3.26. The first-order valence-electron chi connectivity index (χ1n) is 5.78. The fourth-order valence-electron chi connectivity index (χ4n) is 1.66. The molecule has 1 N–H and O–H groups in total. The van der Waals surface area contributed by atoms with E-state index in [1.54, 1.807) is 0 Å². The summed E-state index contributed by atoms with van der Waals surface area (Å²) in [5, 5.41) is 3.13. The van der Waals surface area contributed by atoms with Gasteiger partial charge >= 0.3 is 0 Å². The fourth-order valence-corrected chi connectivity index (χ4v) is 1.66. The minimum atomic E-state index is 0.163. The highest BCUT2D eigenvalue weighted by Gasteiger charge is 2.24. The zero-order chi connectivity index (χ0) is 11.4. The summed E-state index contributed by atoms with van der Waals surface area (Å²) in [6.07, 6.45) is 2.56. The van der Waals surface area contributed by atoms with Crippen LogP contribution in [0.25, 0.3) is 0 Å². The van der Waals surface area contributed by atoms with Crippen molar-refractivity contribution in [2.24, 2.45) is 5.92 Å². The lowest BCUT2D eigenvalue weighted by Crippen LogP contribution is -2.33. The van der Waals surface area contributed by atoms with E-state index < -0.39 is 0 Å². The van der Waals surface area contributed by atoms with Gasteiger partial charge in [-0.05, 0) is 30.9 Å². The van der Waals surface area contributed by atoms with Crippen LogP contribution < -0.4 is 5.32 Å². The van der Waals surface area contributed by atoms with Crippen molar-refractivity contribution in [2.75, 3.05) is 25.5 Å². The van der Waals surface area contributed by atoms with Gasteiger partial charge in [0.2, 0.25) is 5.91 Å². The van der Waals surface area contributed by atoms with Crippen LogP contribution in [0.5, 0.6) is 0 Å². The van der Waals surface area contributed by atoms with Gasteiger partial charge in [0.1, 0.15) is 0 Å². The van der Waals surface area contributed by atoms with Crippen LogP contribution in [0.4, 0.5) is 5.69 Å². The molecule has 1 saturated carbocycles. The van der Waals surface area contributed by atoms with Gasteiger partial charge in [-0.3, -0.25) is 4.79 Å². The molecule has 0 radical (unpaired) electrons. The quantitative estimate of drug-likeness (QED) is 0.819. The molecule has 0 aliphatic heterocycles. The van der Waals surface area contributed by atoms with Gasteiger partial charge in [-0.2, -0.15) is 0 Å². The van der Waals surface area contributed by atoms with Crippen LogP contribution in [-0.2, 0) is 4.79 Å². The van der Waals surface area contributed by atoms with E-state index in [0.29, 0.717) is 6.54 Å². The molecule has 2 rings (SSSR count). The molecule has 0 spiro atoms. The molecule has 86 valence electrons. The normalized spacial score (nSPS) is 14.6. The predicted octanol–water partition coefficient (Wildman–Crippen LogP) is 1.97. The molecule has 0 bridgehead atoms. The molecule has 1 aliphatic carbocycles. The van der Waals surface area contributed by atoms with E-state index in [1.165, 1.54) is 12.8 Å². The van der Waals surface area contributed by atoms with E-state index in [1.807, 2.05) is 42.3 Å². The van der Waals surface area contributed by atoms with Gasteiger partial charge < -0.3 is 10.2 Å². The van der Waals surface area contributed by atoms with Gasteiger partial charge in [0.25, 0.3) is 0 Å². The predicted molar refractivity (Wildman–Crippen MR) is 65.3 cm³/mol. The summed E-state index contributed by atoms with van der Waals surface area (Å²) in [6.45, 7) is 1.29. The Labute approximate surface area is 96.5 Å². The molecule has 0 saturated heterocycles. The minimum absolute atomic E-state index is 0.163. The summed E-state index contributed by atoms with van der Waals surface area (Å²) in [5.74, 6) is 0.918. The lowest BCUT2D eigenvalue weighted by Gasteiger charge is -2.17. The summed E-state index contributed by atoms with van der Waals surface area (Å²) in [4.78, 5) is 13.6. The summed E-state index contributed by atoms with van der Waals surface area (Å²) in [5.41, 5.74) is 0.996. The van der Waals surface area contributed by atoms with Gasteiger partial charge in [-0.15, -0.1) is 0 Å². The van der Waals surface area contributed by atoms with Crippen molar-refractivity contribution in [3.05, 3.63) is 30.3 Å². The molecule has 1 amide bonds. The van der Waals surface area contributed by atoms with E-state index in [-0.39, 0.29) is 5.91 Å². The van der Waals surface area contributed by atoms with Crippen LogP contribution in [0.3, 0.4) is 0 Å². The van der Waals surface area contributed by atoms with Crippen LogP contribution in [0.15, 0.2) is 30.3 Å². The molecular formula is C13H18N2O. The Hall–Kier alpha value is -1.51. The lowest BCUT2D eigenvalue weighted by molar-refractivity contribution is -0.128. The van der Waals surface area contributed by atoms with Crippen molar-refractivity contribution in [3.63, 3.8) is 0 Å². The van der Waals surface area contributed by atoms with Gasteiger partial charge in [0.05, 0.1) is 6.54 Å². The highest BCUT2D eigenvalue weighted by molar-refractivity contribution is 5.80. The molecule has 0 unspecified atom stereocenters. The molecule has 1 aromatic carbocycles. The molecule has 1 fully saturated rings. The van der Waals surface area contributed by atoms with Crippen molar-refractivity contribution >= 4 is 11.6 Å². The van der Waals surface area contributed by atoms with E-state index >= 15 is 0 Å². The molecular weight excluding hydrogens is 200 g/mol. The van der Waals surface area contributed by atoms with Crippen LogP contribution >= 0.6 is 0 Å². The Bertz CT molecular complexity index is 346. The largest absolute Gasteiger partial charge is 0.376 e. The van der Waals surface area contributed by atoms with Crippen LogP contribution in [0.1, 0.15) is 12.8 Å². The molecule has 3 nitrogen and oxygen atoms in total. The Kier molecular flexibility index (Phi) is 3.44. The van der Waals surface area contributed by atoms with Crippen molar-refractivity contribution in [3.8, 4) is 0 Å². The standard InChI is InChI=1S/C13H18N2O/c1-15(10-11-7-8-11)13(16)9-14-12-5-3-2-4-6-12/h2-6,11,14H,7-10H2,1H3. The number of hydrogen-bond donors (Lipinski definition) is 1. The Morgan fingerprint density at radius 2 is 2.06 bits per heavy atom. The second-order valence-corrected chi connectivity index (χ2v) is 4.44. The van der Waals surface area contributed by atoms with Crippen molar-refractivity contribution in [2.45, 2.75) is 12.8 Å². The van der Waals surface area contributed by atoms with Crippen LogP contribution in [0.2, 0.25) is 0 Å². The molecule has 1 aliphatic rings. The van der Waals surface area contributed by atoms with E-state index in [9.17, 15) is 4.79 Å². The van der Waals surface area contributed by atoms with Crippen molar-refractivity contribution in [1.82, 2.24) is 4.90 Å². The fraction of sp³-hybridized carbons (Fsp3) is 0.462. The minimum Gasteiger partial charge on any atom is -0.376 e. The Morgan fingerprint density at radius 3 is 2.69 bits per heavy atom. The number of amides is 1. The first-order chi connectivity index (χ1) is 7.75. The Balaban J connectivity index is 1.74. The molecule has 16 heavy (non-hydrogen) atoms. The van der Waals surface area contributed by atoms with Crippen molar-refractivity contribution in [1.29, 1.82) is 0 Å². The summed E-state index contributed by atoms with van der Waals surface area (Å²) in [7, 11) is 1.88. The van der Waals surface area contributed by atoms with Crippen LogP contribution in [-0.4, -0.2) is 30.9 Å². The highest BCUT2D eigenvalue weighted by atomic mass is 16.2. The summed E-state index contributed by atoms with van der Waals surface area (Å²) < 4.78 is 0. The van der Waals surface area contributed by atoms with Gasteiger partial charge in [-0.1, -0.05) is 18.2 Å². The topological polar surface area (TPSA) is 32.3 Å².